The van der Waals surface area contributed by atoms with E-state index in [9.17, 15) is 8.42 Å². The predicted octanol–water partition coefficient (Wildman–Crippen LogP) is 3.34. The average molecular weight is 349 g/mol. The van der Waals surface area contributed by atoms with Gasteiger partial charge in [-0.1, -0.05) is 29.3 Å². The van der Waals surface area contributed by atoms with Crippen LogP contribution in [0.3, 0.4) is 0 Å². The van der Waals surface area contributed by atoms with Crippen molar-refractivity contribution in [2.75, 3.05) is 5.73 Å². The Labute approximate surface area is 130 Å². The van der Waals surface area contributed by atoms with Crippen LogP contribution < -0.4 is 5.73 Å². The van der Waals surface area contributed by atoms with E-state index < -0.39 is 10.0 Å². The van der Waals surface area contributed by atoms with Gasteiger partial charge in [-0.25, -0.2) is 8.42 Å². The summed E-state index contributed by atoms with van der Waals surface area (Å²) in [5, 5.41) is 0. The van der Waals surface area contributed by atoms with Gasteiger partial charge >= 0.3 is 0 Å². The second-order valence-electron chi connectivity index (χ2n) is 4.49. The minimum absolute atomic E-state index is 0.0648. The zero-order chi connectivity index (χ0) is 14.5. The van der Waals surface area contributed by atoms with Crippen LogP contribution in [0.1, 0.15) is 11.1 Å². The highest BCUT2D eigenvalue weighted by molar-refractivity contribution is 7.89. The summed E-state index contributed by atoms with van der Waals surface area (Å²) in [6.07, 6.45) is 0. The number of nitrogens with two attached hydrogens (primary N) is 1. The van der Waals surface area contributed by atoms with Crippen LogP contribution in [0, 0.1) is 0 Å². The van der Waals surface area contributed by atoms with E-state index in [2.05, 4.69) is 0 Å². The average Bonchev–Trinajstić information content (AvgIpc) is 2.92. The summed E-state index contributed by atoms with van der Waals surface area (Å²) in [6.45, 7) is 0.619. The molecule has 0 saturated carbocycles. The molecule has 20 heavy (non-hydrogen) atoms. The smallest absolute Gasteiger partial charge is 0.246 e. The fourth-order valence-electron chi connectivity index (χ4n) is 2.19. The first kappa shape index (κ1) is 14.2. The Hall–Kier alpha value is -0.790. The number of nitrogens with zero attached hydrogens (tertiary/aromatic N) is 1. The van der Waals surface area contributed by atoms with Crippen molar-refractivity contribution in [2.45, 2.75) is 18.0 Å². The molecule has 0 aliphatic carbocycles. The third-order valence-corrected chi connectivity index (χ3v) is 6.71. The molecular formula is C12H10Cl2N2O2S2. The molecule has 106 valence electrons. The van der Waals surface area contributed by atoms with E-state index in [1.165, 1.54) is 10.4 Å². The number of nitrogen functional groups attached to an aromatic ring is 1. The summed E-state index contributed by atoms with van der Waals surface area (Å²) >= 11 is 12.8. The van der Waals surface area contributed by atoms with E-state index in [4.69, 9.17) is 28.9 Å². The second kappa shape index (κ2) is 4.89. The Morgan fingerprint density at radius 2 is 1.85 bits per heavy atom. The second-order valence-corrected chi connectivity index (χ2v) is 8.68. The molecule has 2 heterocycles. The maximum absolute atomic E-state index is 12.6. The van der Waals surface area contributed by atoms with Gasteiger partial charge in [-0.3, -0.25) is 0 Å². The van der Waals surface area contributed by atoms with Crippen molar-refractivity contribution in [3.63, 3.8) is 0 Å². The van der Waals surface area contributed by atoms with Crippen LogP contribution in [0.4, 0.5) is 5.69 Å². The molecule has 0 saturated heterocycles. The Kier molecular flexibility index (Phi) is 3.46. The summed E-state index contributed by atoms with van der Waals surface area (Å²) in [4.78, 5) is 0.0648. The van der Waals surface area contributed by atoms with Crippen LogP contribution in [0.25, 0.3) is 0 Å². The van der Waals surface area contributed by atoms with Gasteiger partial charge in [0, 0.05) is 18.8 Å². The Balaban J connectivity index is 1.98. The van der Waals surface area contributed by atoms with Crippen molar-refractivity contribution in [2.24, 2.45) is 0 Å². The van der Waals surface area contributed by atoms with E-state index in [0.29, 0.717) is 23.1 Å². The molecule has 1 aliphatic rings. The number of thiophene rings is 1. The third-order valence-electron chi connectivity index (χ3n) is 3.17. The summed E-state index contributed by atoms with van der Waals surface area (Å²) in [7, 11) is -3.64. The third kappa shape index (κ3) is 2.31. The Morgan fingerprint density at radius 1 is 1.15 bits per heavy atom. The van der Waals surface area contributed by atoms with E-state index in [1.54, 1.807) is 12.1 Å². The van der Waals surface area contributed by atoms with Crippen molar-refractivity contribution in [3.05, 3.63) is 44.1 Å². The molecule has 0 amide bonds. The number of halogens is 2. The number of fused-ring (bicyclic) bond motifs is 1. The molecule has 0 spiro atoms. The topological polar surface area (TPSA) is 63.4 Å². The van der Waals surface area contributed by atoms with Gasteiger partial charge in [-0.15, -0.1) is 11.3 Å². The molecule has 0 atom stereocenters. The zero-order valence-corrected chi connectivity index (χ0v) is 13.3. The van der Waals surface area contributed by atoms with E-state index >= 15 is 0 Å². The Bertz CT molecular complexity index is 787. The number of hydrogen-bond donors (Lipinski definition) is 1. The predicted molar refractivity (Wildman–Crippen MR) is 81.6 cm³/mol. The summed E-state index contributed by atoms with van der Waals surface area (Å²) in [5.41, 5.74) is 8.22. The lowest BCUT2D eigenvalue weighted by molar-refractivity contribution is 0.432. The fourth-order valence-corrected chi connectivity index (χ4v) is 5.70. The minimum atomic E-state index is -3.64. The number of anilines is 1. The molecule has 1 aliphatic heterocycles. The molecule has 8 heteroatoms. The van der Waals surface area contributed by atoms with Crippen LogP contribution in [0.15, 0.2) is 29.2 Å². The molecule has 0 fully saturated rings. The quantitative estimate of drug-likeness (QED) is 0.846. The summed E-state index contributed by atoms with van der Waals surface area (Å²) < 4.78 is 27.1. The first-order chi connectivity index (χ1) is 9.38. The fraction of sp³-hybridized carbons (Fsp3) is 0.167. The monoisotopic (exact) mass is 348 g/mol. The normalized spacial score (nSPS) is 15.5. The first-order valence-corrected chi connectivity index (χ1v) is 8.71. The van der Waals surface area contributed by atoms with Crippen molar-refractivity contribution < 1.29 is 8.42 Å². The SMILES string of the molecule is Nc1ccc2c(c1)CN(S(=O)(=O)c1cc(Cl)sc1Cl)C2. The lowest BCUT2D eigenvalue weighted by Gasteiger charge is -2.14. The molecule has 0 radical (unpaired) electrons. The van der Waals surface area contributed by atoms with Gasteiger partial charge in [0.25, 0.3) is 0 Å². The van der Waals surface area contributed by atoms with E-state index in [-0.39, 0.29) is 9.23 Å². The highest BCUT2D eigenvalue weighted by atomic mass is 35.5. The van der Waals surface area contributed by atoms with Crippen LogP contribution in [-0.4, -0.2) is 12.7 Å². The van der Waals surface area contributed by atoms with Gasteiger partial charge in [0.15, 0.2) is 0 Å². The molecule has 0 unspecified atom stereocenters. The van der Waals surface area contributed by atoms with Gasteiger partial charge in [0.1, 0.15) is 9.23 Å². The van der Waals surface area contributed by atoms with Gasteiger partial charge in [0.05, 0.1) is 4.34 Å². The highest BCUT2D eigenvalue weighted by Crippen LogP contribution is 2.38. The standard InChI is InChI=1S/C12H10Cl2N2O2S2/c13-11-4-10(12(14)19-11)20(17,18)16-5-7-1-2-9(15)3-8(7)6-16/h1-4H,5-6,15H2. The lowest BCUT2D eigenvalue weighted by Crippen LogP contribution is -2.25. The van der Waals surface area contributed by atoms with Gasteiger partial charge in [0.2, 0.25) is 10.0 Å². The molecule has 3 rings (SSSR count). The highest BCUT2D eigenvalue weighted by Gasteiger charge is 2.33. The van der Waals surface area contributed by atoms with Crippen molar-refractivity contribution in [1.82, 2.24) is 4.31 Å². The van der Waals surface area contributed by atoms with Gasteiger partial charge in [-0.05, 0) is 29.3 Å². The number of benzene rings is 1. The Morgan fingerprint density at radius 3 is 2.50 bits per heavy atom. The molecular weight excluding hydrogens is 339 g/mol. The van der Waals surface area contributed by atoms with Crippen molar-refractivity contribution in [1.29, 1.82) is 0 Å². The zero-order valence-electron chi connectivity index (χ0n) is 10.1. The molecule has 1 aromatic carbocycles. The molecule has 1 aromatic heterocycles. The molecule has 2 aromatic rings. The van der Waals surface area contributed by atoms with Crippen LogP contribution in [-0.2, 0) is 23.1 Å². The van der Waals surface area contributed by atoms with Crippen molar-refractivity contribution >= 4 is 50.2 Å². The van der Waals surface area contributed by atoms with Crippen molar-refractivity contribution in [3.8, 4) is 0 Å². The molecule has 0 bridgehead atoms. The molecule has 2 N–H and O–H groups in total. The van der Waals surface area contributed by atoms with Gasteiger partial charge < -0.3 is 5.73 Å². The van der Waals surface area contributed by atoms with Crippen LogP contribution in [0.5, 0.6) is 0 Å². The summed E-state index contributed by atoms with van der Waals surface area (Å²) in [5.74, 6) is 0. The largest absolute Gasteiger partial charge is 0.399 e. The maximum Gasteiger partial charge on any atom is 0.246 e. The maximum atomic E-state index is 12.6. The minimum Gasteiger partial charge on any atom is -0.399 e. The lowest BCUT2D eigenvalue weighted by atomic mass is 10.1. The first-order valence-electron chi connectivity index (χ1n) is 5.70. The number of rotatable bonds is 2. The molecule has 4 nitrogen and oxygen atoms in total. The van der Waals surface area contributed by atoms with E-state index in [1.807, 2.05) is 6.07 Å². The van der Waals surface area contributed by atoms with Crippen LogP contribution in [0.2, 0.25) is 8.67 Å². The van der Waals surface area contributed by atoms with Crippen LogP contribution >= 0.6 is 34.5 Å². The van der Waals surface area contributed by atoms with Gasteiger partial charge in [-0.2, -0.15) is 4.31 Å². The summed E-state index contributed by atoms with van der Waals surface area (Å²) in [6, 6.07) is 6.81. The number of hydrogen-bond acceptors (Lipinski definition) is 4. The van der Waals surface area contributed by atoms with E-state index in [0.717, 1.165) is 22.5 Å². The number of sulfonamides is 1.